The molecule has 0 saturated carbocycles. The van der Waals surface area contributed by atoms with Gasteiger partial charge in [-0.1, -0.05) is 17.7 Å². The van der Waals surface area contributed by atoms with Crippen LogP contribution in [0.5, 0.6) is 0 Å². The molecule has 2 aromatic rings. The smallest absolute Gasteiger partial charge is 0.253 e. The predicted molar refractivity (Wildman–Crippen MR) is 120 cm³/mol. The van der Waals surface area contributed by atoms with Gasteiger partial charge in [0.1, 0.15) is 6.04 Å². The molecule has 0 spiro atoms. The van der Waals surface area contributed by atoms with Gasteiger partial charge in [-0.2, -0.15) is 5.10 Å². The molecule has 0 fully saturated rings. The molecule has 0 saturated heterocycles. The van der Waals surface area contributed by atoms with Crippen LogP contribution in [0.4, 0.5) is 11.5 Å². The molecule has 0 radical (unpaired) electrons. The minimum atomic E-state index is -0.612. The molecule has 2 amide bonds. The Morgan fingerprint density at radius 3 is 2.63 bits per heavy atom. The quantitative estimate of drug-likeness (QED) is 0.752. The fourth-order valence-corrected chi connectivity index (χ4v) is 3.67. The highest BCUT2D eigenvalue weighted by Crippen LogP contribution is 2.30. The Morgan fingerprint density at radius 2 is 1.97 bits per heavy atom. The lowest BCUT2D eigenvalue weighted by molar-refractivity contribution is -0.117. The number of carbonyl (C=O) groups excluding carboxylic acids is 2. The van der Waals surface area contributed by atoms with E-state index in [1.54, 1.807) is 29.4 Å². The first kappa shape index (κ1) is 21.8. The van der Waals surface area contributed by atoms with Crippen molar-refractivity contribution < 1.29 is 9.59 Å². The number of carbonyl (C=O) groups is 2. The molecule has 158 valence electrons. The van der Waals surface area contributed by atoms with E-state index >= 15 is 0 Å². The van der Waals surface area contributed by atoms with Crippen LogP contribution >= 0.6 is 11.6 Å². The fourth-order valence-electron chi connectivity index (χ4n) is 3.46. The van der Waals surface area contributed by atoms with Gasteiger partial charge < -0.3 is 10.6 Å². The highest BCUT2D eigenvalue weighted by Gasteiger charge is 2.34. The molecule has 2 N–H and O–H groups in total. The molecule has 30 heavy (non-hydrogen) atoms. The topological polar surface area (TPSA) is 86.7 Å². The van der Waals surface area contributed by atoms with Gasteiger partial charge in [0, 0.05) is 24.4 Å². The zero-order valence-corrected chi connectivity index (χ0v) is 18.5. The second kappa shape index (κ2) is 8.83. The molecule has 0 aliphatic carbocycles. The number of rotatable bonds is 5. The van der Waals surface area contributed by atoms with Gasteiger partial charge in [-0.3, -0.25) is 9.59 Å². The second-order valence-corrected chi connectivity index (χ2v) is 8.24. The van der Waals surface area contributed by atoms with Gasteiger partial charge >= 0.3 is 0 Å². The molecule has 3 rings (SSSR count). The number of anilines is 2. The van der Waals surface area contributed by atoms with Gasteiger partial charge in [0.15, 0.2) is 5.82 Å². The lowest BCUT2D eigenvalue weighted by Crippen LogP contribution is -2.40. The van der Waals surface area contributed by atoms with Crippen LogP contribution in [0.3, 0.4) is 0 Å². The first-order chi connectivity index (χ1) is 14.2. The SMILES string of the molecule is CC1=NN(c2ncccc2Cl)C(C(=O)Nc2c(C)cc(C)cc2C(=O)NC(C)C)C1. The molecule has 7 nitrogen and oxygen atoms in total. The number of aryl methyl sites for hydroxylation is 2. The first-order valence-corrected chi connectivity index (χ1v) is 10.2. The molecular formula is C22H26ClN5O2. The number of halogens is 1. The maximum atomic E-state index is 13.3. The van der Waals surface area contributed by atoms with E-state index in [2.05, 4.69) is 20.7 Å². The van der Waals surface area contributed by atoms with E-state index in [9.17, 15) is 9.59 Å². The molecule has 1 aromatic heterocycles. The van der Waals surface area contributed by atoms with Crippen LogP contribution in [0.1, 0.15) is 48.7 Å². The Kier molecular flexibility index (Phi) is 6.41. The van der Waals surface area contributed by atoms with Gasteiger partial charge in [0.05, 0.1) is 16.3 Å². The van der Waals surface area contributed by atoms with Crippen LogP contribution in [-0.2, 0) is 4.79 Å². The van der Waals surface area contributed by atoms with Crippen LogP contribution < -0.4 is 15.6 Å². The molecule has 1 aromatic carbocycles. The van der Waals surface area contributed by atoms with E-state index in [0.29, 0.717) is 28.5 Å². The maximum absolute atomic E-state index is 13.3. The monoisotopic (exact) mass is 427 g/mol. The van der Waals surface area contributed by atoms with E-state index in [-0.39, 0.29) is 17.9 Å². The summed E-state index contributed by atoms with van der Waals surface area (Å²) in [7, 11) is 0. The van der Waals surface area contributed by atoms with Crippen molar-refractivity contribution in [1.29, 1.82) is 0 Å². The Labute approximate surface area is 181 Å². The number of hydrazone groups is 1. The number of aromatic nitrogens is 1. The van der Waals surface area contributed by atoms with Crippen molar-refractivity contribution in [1.82, 2.24) is 10.3 Å². The lowest BCUT2D eigenvalue weighted by atomic mass is 10.0. The summed E-state index contributed by atoms with van der Waals surface area (Å²) in [5.74, 6) is -0.0759. The number of nitrogens with one attached hydrogen (secondary N) is 2. The zero-order valence-electron chi connectivity index (χ0n) is 17.8. The molecular weight excluding hydrogens is 402 g/mol. The minimum absolute atomic E-state index is 0.0189. The minimum Gasteiger partial charge on any atom is -0.350 e. The first-order valence-electron chi connectivity index (χ1n) is 9.84. The van der Waals surface area contributed by atoms with Crippen LogP contribution in [0, 0.1) is 13.8 Å². The third kappa shape index (κ3) is 4.62. The second-order valence-electron chi connectivity index (χ2n) is 7.83. The molecule has 1 aliphatic rings. The average Bonchev–Trinajstić information content (AvgIpc) is 3.05. The molecule has 1 unspecified atom stereocenters. The highest BCUT2D eigenvalue weighted by atomic mass is 35.5. The normalized spacial score (nSPS) is 15.9. The summed E-state index contributed by atoms with van der Waals surface area (Å²) in [5, 5.41) is 12.3. The van der Waals surface area contributed by atoms with Crippen molar-refractivity contribution in [3.8, 4) is 0 Å². The van der Waals surface area contributed by atoms with Crippen molar-refractivity contribution in [2.45, 2.75) is 53.1 Å². The van der Waals surface area contributed by atoms with Crippen LogP contribution in [-0.4, -0.2) is 34.6 Å². The summed E-state index contributed by atoms with van der Waals surface area (Å²) in [6.07, 6.45) is 2.05. The lowest BCUT2D eigenvalue weighted by Gasteiger charge is -2.24. The third-order valence-corrected chi connectivity index (χ3v) is 5.01. The van der Waals surface area contributed by atoms with Gasteiger partial charge in [-0.05, 0) is 63.9 Å². The summed E-state index contributed by atoms with van der Waals surface area (Å²) in [6.45, 7) is 9.44. The van der Waals surface area contributed by atoms with Crippen molar-refractivity contribution in [3.63, 3.8) is 0 Å². The third-order valence-electron chi connectivity index (χ3n) is 4.71. The predicted octanol–water partition coefficient (Wildman–Crippen LogP) is 4.08. The summed E-state index contributed by atoms with van der Waals surface area (Å²) >= 11 is 6.28. The number of hydrogen-bond acceptors (Lipinski definition) is 5. The van der Waals surface area contributed by atoms with Gasteiger partial charge in [0.25, 0.3) is 5.91 Å². The maximum Gasteiger partial charge on any atom is 0.253 e. The number of pyridine rings is 1. The Hall–Kier alpha value is -2.93. The van der Waals surface area contributed by atoms with E-state index in [4.69, 9.17) is 11.6 Å². The van der Waals surface area contributed by atoms with E-state index in [1.165, 1.54) is 0 Å². The molecule has 0 bridgehead atoms. The standard InChI is InChI=1S/C22H26ClN5O2/c1-12(2)25-21(29)16-10-13(3)9-14(4)19(16)26-22(30)18-11-15(5)27-28(18)20-17(23)7-6-8-24-20/h6-10,12,18H,11H2,1-5H3,(H,25,29)(H,26,30). The number of hydrogen-bond donors (Lipinski definition) is 2. The molecule has 1 atom stereocenters. The Bertz CT molecular complexity index is 1020. The van der Waals surface area contributed by atoms with Crippen LogP contribution in [0.25, 0.3) is 0 Å². The fraction of sp³-hybridized carbons (Fsp3) is 0.364. The number of benzene rings is 1. The average molecular weight is 428 g/mol. The summed E-state index contributed by atoms with van der Waals surface area (Å²) in [4.78, 5) is 30.3. The van der Waals surface area contributed by atoms with E-state index < -0.39 is 6.04 Å². The van der Waals surface area contributed by atoms with Crippen molar-refractivity contribution in [3.05, 3.63) is 52.2 Å². The number of amides is 2. The molecule has 2 heterocycles. The Balaban J connectivity index is 1.92. The Morgan fingerprint density at radius 1 is 1.23 bits per heavy atom. The van der Waals surface area contributed by atoms with Gasteiger partial charge in [-0.25, -0.2) is 9.99 Å². The van der Waals surface area contributed by atoms with E-state index in [1.807, 2.05) is 40.7 Å². The summed E-state index contributed by atoms with van der Waals surface area (Å²) < 4.78 is 0. The summed E-state index contributed by atoms with van der Waals surface area (Å²) in [5.41, 5.74) is 3.50. The van der Waals surface area contributed by atoms with Gasteiger partial charge in [-0.15, -0.1) is 0 Å². The van der Waals surface area contributed by atoms with Crippen molar-refractivity contribution in [2.24, 2.45) is 5.10 Å². The van der Waals surface area contributed by atoms with Crippen LogP contribution in [0.2, 0.25) is 5.02 Å². The molecule has 1 aliphatic heterocycles. The van der Waals surface area contributed by atoms with Crippen molar-refractivity contribution >= 4 is 40.6 Å². The molecule has 8 heteroatoms. The largest absolute Gasteiger partial charge is 0.350 e. The van der Waals surface area contributed by atoms with Crippen molar-refractivity contribution in [2.75, 3.05) is 10.3 Å². The highest BCUT2D eigenvalue weighted by molar-refractivity contribution is 6.33. The van der Waals surface area contributed by atoms with Crippen LogP contribution in [0.15, 0.2) is 35.6 Å². The van der Waals surface area contributed by atoms with E-state index in [0.717, 1.165) is 16.8 Å². The van der Waals surface area contributed by atoms with Gasteiger partial charge in [0.2, 0.25) is 5.91 Å². The summed E-state index contributed by atoms with van der Waals surface area (Å²) in [6, 6.07) is 6.52. The zero-order chi connectivity index (χ0) is 22.0. The number of nitrogens with zero attached hydrogens (tertiary/aromatic N) is 3.